The van der Waals surface area contributed by atoms with Gasteiger partial charge in [-0.15, -0.1) is 0 Å². The zero-order valence-electron chi connectivity index (χ0n) is 11.7. The fourth-order valence-corrected chi connectivity index (χ4v) is 4.23. The lowest BCUT2D eigenvalue weighted by Gasteiger charge is -2.36. The van der Waals surface area contributed by atoms with Crippen LogP contribution in [-0.2, 0) is 22.3 Å². The van der Waals surface area contributed by atoms with Gasteiger partial charge in [0.1, 0.15) is 0 Å². The van der Waals surface area contributed by atoms with Crippen molar-refractivity contribution in [2.24, 2.45) is 5.73 Å². The predicted molar refractivity (Wildman–Crippen MR) is 78.4 cm³/mol. The van der Waals surface area contributed by atoms with Crippen LogP contribution in [0.1, 0.15) is 30.9 Å². The van der Waals surface area contributed by atoms with Crippen molar-refractivity contribution in [2.45, 2.75) is 37.7 Å². The number of benzene rings is 1. The van der Waals surface area contributed by atoms with E-state index < -0.39 is 15.6 Å². The number of aliphatic hydroxyl groups is 1. The van der Waals surface area contributed by atoms with Crippen LogP contribution in [0.5, 0.6) is 0 Å². The highest BCUT2D eigenvalue weighted by Gasteiger charge is 2.34. The van der Waals surface area contributed by atoms with E-state index in [4.69, 9.17) is 5.73 Å². The van der Waals surface area contributed by atoms with Crippen LogP contribution in [0.15, 0.2) is 24.3 Å². The largest absolute Gasteiger partial charge is 0.389 e. The van der Waals surface area contributed by atoms with Gasteiger partial charge in [-0.25, -0.2) is 8.42 Å². The Kier molecular flexibility index (Phi) is 4.49. The number of β-amino-alcohol motifs (C(OH)–C–C–N with tert-alkyl or cyclic N) is 1. The standard InChI is InChI=1S/C14H22N2O3S/c1-14(17)6-3-7-16(11-14)20(18,19)10-13-5-2-4-12(8-13)9-15/h2,4-5,8,17H,3,6-7,9-11,15H2,1H3. The average Bonchev–Trinajstić information content (AvgIpc) is 2.37. The predicted octanol–water partition coefficient (Wildman–Crippen LogP) is 0.822. The fraction of sp³-hybridized carbons (Fsp3) is 0.571. The first kappa shape index (κ1) is 15.4. The van der Waals surface area contributed by atoms with Crippen molar-refractivity contribution < 1.29 is 13.5 Å². The van der Waals surface area contributed by atoms with Gasteiger partial charge in [-0.1, -0.05) is 24.3 Å². The summed E-state index contributed by atoms with van der Waals surface area (Å²) < 4.78 is 26.2. The summed E-state index contributed by atoms with van der Waals surface area (Å²) in [7, 11) is -3.40. The van der Waals surface area contributed by atoms with Crippen LogP contribution in [0.4, 0.5) is 0 Å². The van der Waals surface area contributed by atoms with Gasteiger partial charge in [-0.2, -0.15) is 4.31 Å². The second-order valence-corrected chi connectivity index (χ2v) is 7.68. The van der Waals surface area contributed by atoms with Crippen LogP contribution in [0.3, 0.4) is 0 Å². The van der Waals surface area contributed by atoms with Crippen molar-refractivity contribution in [3.8, 4) is 0 Å². The maximum absolute atomic E-state index is 12.4. The molecule has 2 rings (SSSR count). The van der Waals surface area contributed by atoms with E-state index in [1.165, 1.54) is 4.31 Å². The number of piperidine rings is 1. The Morgan fingerprint density at radius 3 is 2.75 bits per heavy atom. The highest BCUT2D eigenvalue weighted by atomic mass is 32.2. The van der Waals surface area contributed by atoms with Gasteiger partial charge in [-0.05, 0) is 30.9 Å². The van der Waals surface area contributed by atoms with Gasteiger partial charge in [0.05, 0.1) is 11.4 Å². The van der Waals surface area contributed by atoms with E-state index in [0.717, 1.165) is 11.1 Å². The number of rotatable bonds is 4. The normalized spacial score (nSPS) is 24.8. The highest BCUT2D eigenvalue weighted by Crippen LogP contribution is 2.24. The molecule has 0 amide bonds. The van der Waals surface area contributed by atoms with Gasteiger partial charge < -0.3 is 10.8 Å². The van der Waals surface area contributed by atoms with E-state index in [1.807, 2.05) is 18.2 Å². The first-order chi connectivity index (χ1) is 9.32. The molecular formula is C14H22N2O3S. The summed E-state index contributed by atoms with van der Waals surface area (Å²) in [6.45, 7) is 2.73. The summed E-state index contributed by atoms with van der Waals surface area (Å²) in [6.07, 6.45) is 1.33. The lowest BCUT2D eigenvalue weighted by Crippen LogP contribution is -2.48. The first-order valence-electron chi connectivity index (χ1n) is 6.80. The molecule has 112 valence electrons. The summed E-state index contributed by atoms with van der Waals surface area (Å²) in [5.74, 6) is -0.0447. The Labute approximate surface area is 120 Å². The summed E-state index contributed by atoms with van der Waals surface area (Å²) in [5, 5.41) is 10.0. The van der Waals surface area contributed by atoms with Gasteiger partial charge in [0, 0.05) is 19.6 Å². The van der Waals surface area contributed by atoms with Crippen LogP contribution >= 0.6 is 0 Å². The molecule has 0 spiro atoms. The minimum Gasteiger partial charge on any atom is -0.389 e. The number of nitrogens with two attached hydrogens (primary N) is 1. The smallest absolute Gasteiger partial charge is 0.218 e. The van der Waals surface area contributed by atoms with Crippen LogP contribution in [0, 0.1) is 0 Å². The van der Waals surface area contributed by atoms with Gasteiger partial charge >= 0.3 is 0 Å². The van der Waals surface area contributed by atoms with Crippen molar-refractivity contribution in [1.82, 2.24) is 4.31 Å². The monoisotopic (exact) mass is 298 g/mol. The molecular weight excluding hydrogens is 276 g/mol. The lowest BCUT2D eigenvalue weighted by molar-refractivity contribution is 0.00935. The molecule has 0 saturated carbocycles. The molecule has 3 N–H and O–H groups in total. The second kappa shape index (κ2) is 5.81. The average molecular weight is 298 g/mol. The first-order valence-corrected chi connectivity index (χ1v) is 8.41. The van der Waals surface area contributed by atoms with E-state index in [2.05, 4.69) is 0 Å². The number of nitrogens with zero attached hydrogens (tertiary/aromatic N) is 1. The number of sulfonamides is 1. The molecule has 0 aromatic heterocycles. The fourth-order valence-electron chi connectivity index (χ4n) is 2.56. The summed E-state index contributed by atoms with van der Waals surface area (Å²) in [5.41, 5.74) is 6.30. The molecule has 1 fully saturated rings. The third-order valence-electron chi connectivity index (χ3n) is 3.61. The van der Waals surface area contributed by atoms with Crippen molar-refractivity contribution >= 4 is 10.0 Å². The molecule has 1 heterocycles. The van der Waals surface area contributed by atoms with Crippen LogP contribution in [0.25, 0.3) is 0 Å². The summed E-state index contributed by atoms with van der Waals surface area (Å²) in [4.78, 5) is 0. The van der Waals surface area contributed by atoms with Gasteiger partial charge in [0.2, 0.25) is 10.0 Å². The molecule has 0 aliphatic carbocycles. The van der Waals surface area contributed by atoms with E-state index >= 15 is 0 Å². The molecule has 5 nitrogen and oxygen atoms in total. The third kappa shape index (κ3) is 3.79. The van der Waals surface area contributed by atoms with Crippen LogP contribution in [-0.4, -0.2) is 36.5 Å². The molecule has 1 saturated heterocycles. The van der Waals surface area contributed by atoms with Gasteiger partial charge in [-0.3, -0.25) is 0 Å². The molecule has 1 aromatic carbocycles. The van der Waals surface area contributed by atoms with Crippen molar-refractivity contribution in [3.63, 3.8) is 0 Å². The number of hydrogen-bond donors (Lipinski definition) is 2. The zero-order chi connectivity index (χ0) is 14.8. The highest BCUT2D eigenvalue weighted by molar-refractivity contribution is 7.88. The van der Waals surface area contributed by atoms with Crippen molar-refractivity contribution in [2.75, 3.05) is 13.1 Å². The molecule has 1 aromatic rings. The molecule has 1 unspecified atom stereocenters. The van der Waals surface area contributed by atoms with Crippen molar-refractivity contribution in [1.29, 1.82) is 0 Å². The number of hydrogen-bond acceptors (Lipinski definition) is 4. The maximum Gasteiger partial charge on any atom is 0.218 e. The zero-order valence-corrected chi connectivity index (χ0v) is 12.6. The Bertz CT molecular complexity index is 570. The third-order valence-corrected chi connectivity index (χ3v) is 5.41. The topological polar surface area (TPSA) is 83.6 Å². The summed E-state index contributed by atoms with van der Waals surface area (Å²) >= 11 is 0. The van der Waals surface area contributed by atoms with Gasteiger partial charge in [0.15, 0.2) is 0 Å². The van der Waals surface area contributed by atoms with Crippen molar-refractivity contribution in [3.05, 3.63) is 35.4 Å². The quantitative estimate of drug-likeness (QED) is 0.862. The Morgan fingerprint density at radius 2 is 2.10 bits per heavy atom. The lowest BCUT2D eigenvalue weighted by atomic mass is 9.97. The molecule has 20 heavy (non-hydrogen) atoms. The maximum atomic E-state index is 12.4. The minimum atomic E-state index is -3.40. The molecule has 1 atom stereocenters. The van der Waals surface area contributed by atoms with Gasteiger partial charge in [0.25, 0.3) is 0 Å². The van der Waals surface area contributed by atoms with E-state index in [9.17, 15) is 13.5 Å². The Balaban J connectivity index is 2.14. The molecule has 1 aliphatic rings. The summed E-state index contributed by atoms with van der Waals surface area (Å²) in [6, 6.07) is 7.31. The molecule has 1 aliphatic heterocycles. The minimum absolute atomic E-state index is 0.0447. The van der Waals surface area contributed by atoms with Crippen LogP contribution in [0.2, 0.25) is 0 Å². The SMILES string of the molecule is CC1(O)CCCN(S(=O)(=O)Cc2cccc(CN)c2)C1. The van der Waals surface area contributed by atoms with E-state index in [1.54, 1.807) is 13.0 Å². The second-order valence-electron chi connectivity index (χ2n) is 5.71. The Hall–Kier alpha value is -0.950. The van der Waals surface area contributed by atoms with E-state index in [-0.39, 0.29) is 12.3 Å². The molecule has 0 bridgehead atoms. The molecule has 0 radical (unpaired) electrons. The molecule has 6 heteroatoms. The van der Waals surface area contributed by atoms with Crippen LogP contribution < -0.4 is 5.73 Å². The Morgan fingerprint density at radius 1 is 1.40 bits per heavy atom. The van der Waals surface area contributed by atoms with E-state index in [0.29, 0.717) is 25.9 Å².